The second-order valence-corrected chi connectivity index (χ2v) is 6.12. The van der Waals surface area contributed by atoms with Crippen LogP contribution in [0, 0.1) is 0 Å². The van der Waals surface area contributed by atoms with Gasteiger partial charge in [0.2, 0.25) is 5.89 Å². The SMILES string of the molecule is CCC1CCCCCN1Cc1nc(C(C)(C)N)no1. The van der Waals surface area contributed by atoms with Gasteiger partial charge in [-0.05, 0) is 39.7 Å². The summed E-state index contributed by atoms with van der Waals surface area (Å²) in [7, 11) is 0. The van der Waals surface area contributed by atoms with Gasteiger partial charge in [-0.25, -0.2) is 0 Å². The minimum atomic E-state index is -0.537. The van der Waals surface area contributed by atoms with Crippen LogP contribution in [0.4, 0.5) is 0 Å². The summed E-state index contributed by atoms with van der Waals surface area (Å²) in [5.74, 6) is 1.28. The second kappa shape index (κ2) is 6.01. The molecule has 1 unspecified atom stereocenters. The van der Waals surface area contributed by atoms with E-state index in [1.54, 1.807) is 0 Å². The lowest BCUT2D eigenvalue weighted by Crippen LogP contribution is -2.34. The highest BCUT2D eigenvalue weighted by Gasteiger charge is 2.25. The highest BCUT2D eigenvalue weighted by atomic mass is 16.5. The van der Waals surface area contributed by atoms with Crippen molar-refractivity contribution in [2.75, 3.05) is 6.54 Å². The van der Waals surface area contributed by atoms with Crippen molar-refractivity contribution in [3.05, 3.63) is 11.7 Å². The lowest BCUT2D eigenvalue weighted by atomic mass is 10.1. The van der Waals surface area contributed by atoms with E-state index >= 15 is 0 Å². The van der Waals surface area contributed by atoms with E-state index in [-0.39, 0.29) is 0 Å². The molecule has 1 aromatic heterocycles. The maximum absolute atomic E-state index is 5.98. The zero-order valence-corrected chi connectivity index (χ0v) is 12.4. The number of nitrogens with two attached hydrogens (primary N) is 1. The summed E-state index contributed by atoms with van der Waals surface area (Å²) in [5, 5.41) is 3.99. The van der Waals surface area contributed by atoms with Gasteiger partial charge in [-0.15, -0.1) is 0 Å². The number of hydrogen-bond donors (Lipinski definition) is 1. The maximum Gasteiger partial charge on any atom is 0.240 e. The van der Waals surface area contributed by atoms with Crippen LogP contribution in [0.5, 0.6) is 0 Å². The highest BCUT2D eigenvalue weighted by Crippen LogP contribution is 2.21. The third-order valence-corrected chi connectivity index (χ3v) is 3.85. The van der Waals surface area contributed by atoms with E-state index in [9.17, 15) is 0 Å². The molecular formula is C14H26N4O. The lowest BCUT2D eigenvalue weighted by Gasteiger charge is -2.27. The van der Waals surface area contributed by atoms with Gasteiger partial charge >= 0.3 is 0 Å². The molecule has 2 heterocycles. The Hall–Kier alpha value is -0.940. The molecule has 2 rings (SSSR count). The summed E-state index contributed by atoms with van der Waals surface area (Å²) in [6.07, 6.45) is 6.39. The van der Waals surface area contributed by atoms with Crippen molar-refractivity contribution in [3.63, 3.8) is 0 Å². The summed E-state index contributed by atoms with van der Waals surface area (Å²) in [6, 6.07) is 0.642. The van der Waals surface area contributed by atoms with Crippen molar-refractivity contribution in [2.45, 2.75) is 71.0 Å². The van der Waals surface area contributed by atoms with Gasteiger partial charge in [0, 0.05) is 6.04 Å². The molecule has 0 aliphatic carbocycles. The Morgan fingerprint density at radius 3 is 2.79 bits per heavy atom. The molecule has 19 heavy (non-hydrogen) atoms. The van der Waals surface area contributed by atoms with Crippen LogP contribution in [0.25, 0.3) is 0 Å². The molecule has 0 aromatic carbocycles. The summed E-state index contributed by atoms with van der Waals surface area (Å²) in [4.78, 5) is 6.91. The summed E-state index contributed by atoms with van der Waals surface area (Å²) in [5.41, 5.74) is 5.45. The van der Waals surface area contributed by atoms with E-state index in [0.29, 0.717) is 17.8 Å². The quantitative estimate of drug-likeness (QED) is 0.906. The number of aromatic nitrogens is 2. The van der Waals surface area contributed by atoms with Gasteiger partial charge in [0.05, 0.1) is 12.1 Å². The average molecular weight is 266 g/mol. The smallest absolute Gasteiger partial charge is 0.240 e. The Kier molecular flexibility index (Phi) is 4.58. The summed E-state index contributed by atoms with van der Waals surface area (Å²) in [6.45, 7) is 7.92. The van der Waals surface area contributed by atoms with Crippen LogP contribution in [-0.4, -0.2) is 27.6 Å². The maximum atomic E-state index is 5.98. The van der Waals surface area contributed by atoms with Crippen LogP contribution in [0.1, 0.15) is 64.6 Å². The van der Waals surface area contributed by atoms with Crippen molar-refractivity contribution in [2.24, 2.45) is 5.73 Å². The Morgan fingerprint density at radius 2 is 2.16 bits per heavy atom. The van der Waals surface area contributed by atoms with Gasteiger partial charge < -0.3 is 10.3 Å². The molecule has 0 saturated carbocycles. The monoisotopic (exact) mass is 266 g/mol. The van der Waals surface area contributed by atoms with Gasteiger partial charge in [0.15, 0.2) is 5.82 Å². The first-order chi connectivity index (χ1) is 9.00. The normalized spacial score (nSPS) is 22.4. The predicted molar refractivity (Wildman–Crippen MR) is 74.5 cm³/mol. The molecule has 2 N–H and O–H groups in total. The molecule has 1 atom stereocenters. The molecule has 5 nitrogen and oxygen atoms in total. The number of rotatable bonds is 4. The van der Waals surface area contributed by atoms with E-state index in [1.807, 2.05) is 13.8 Å². The highest BCUT2D eigenvalue weighted by molar-refractivity contribution is 4.99. The van der Waals surface area contributed by atoms with E-state index in [4.69, 9.17) is 10.3 Å². The average Bonchev–Trinajstić information content (AvgIpc) is 2.70. The first-order valence-electron chi connectivity index (χ1n) is 7.36. The minimum Gasteiger partial charge on any atom is -0.338 e. The molecule has 0 radical (unpaired) electrons. The molecule has 0 amide bonds. The Labute approximate surface area is 115 Å². The Bertz CT molecular complexity index is 396. The van der Waals surface area contributed by atoms with Crippen LogP contribution in [0.3, 0.4) is 0 Å². The van der Waals surface area contributed by atoms with Gasteiger partial charge in [0.25, 0.3) is 0 Å². The van der Waals surface area contributed by atoms with Crippen molar-refractivity contribution in [1.29, 1.82) is 0 Å². The molecule has 108 valence electrons. The van der Waals surface area contributed by atoms with Crippen LogP contribution in [0.15, 0.2) is 4.52 Å². The van der Waals surface area contributed by atoms with Crippen molar-refractivity contribution < 1.29 is 4.52 Å². The van der Waals surface area contributed by atoms with Gasteiger partial charge in [-0.1, -0.05) is 24.9 Å². The largest absolute Gasteiger partial charge is 0.338 e. The van der Waals surface area contributed by atoms with Gasteiger partial charge in [0.1, 0.15) is 0 Å². The summed E-state index contributed by atoms with van der Waals surface area (Å²) < 4.78 is 5.34. The van der Waals surface area contributed by atoms with Crippen LogP contribution >= 0.6 is 0 Å². The Balaban J connectivity index is 2.04. The molecule has 1 saturated heterocycles. The number of nitrogens with zero attached hydrogens (tertiary/aromatic N) is 3. The van der Waals surface area contributed by atoms with Crippen LogP contribution in [-0.2, 0) is 12.1 Å². The van der Waals surface area contributed by atoms with Gasteiger partial charge in [-0.3, -0.25) is 4.90 Å². The fourth-order valence-corrected chi connectivity index (χ4v) is 2.66. The molecule has 0 bridgehead atoms. The molecule has 1 aliphatic rings. The number of hydrogen-bond acceptors (Lipinski definition) is 5. The van der Waals surface area contributed by atoms with E-state index < -0.39 is 5.54 Å². The first-order valence-corrected chi connectivity index (χ1v) is 7.36. The number of likely N-dealkylation sites (tertiary alicyclic amines) is 1. The van der Waals surface area contributed by atoms with Crippen molar-refractivity contribution in [3.8, 4) is 0 Å². The molecule has 0 spiro atoms. The second-order valence-electron chi connectivity index (χ2n) is 6.12. The fourth-order valence-electron chi connectivity index (χ4n) is 2.66. The predicted octanol–water partition coefficient (Wildman–Crippen LogP) is 2.42. The molecule has 1 fully saturated rings. The zero-order chi connectivity index (χ0) is 13.9. The van der Waals surface area contributed by atoms with E-state index in [0.717, 1.165) is 13.1 Å². The first kappa shape index (κ1) is 14.5. The van der Waals surface area contributed by atoms with Gasteiger partial charge in [-0.2, -0.15) is 4.98 Å². The third-order valence-electron chi connectivity index (χ3n) is 3.85. The van der Waals surface area contributed by atoms with E-state index in [2.05, 4.69) is 22.0 Å². The zero-order valence-electron chi connectivity index (χ0n) is 12.4. The van der Waals surface area contributed by atoms with Crippen molar-refractivity contribution in [1.82, 2.24) is 15.0 Å². The van der Waals surface area contributed by atoms with E-state index in [1.165, 1.54) is 32.1 Å². The fraction of sp³-hybridized carbons (Fsp3) is 0.857. The topological polar surface area (TPSA) is 68.2 Å². The standard InChI is InChI=1S/C14H26N4O/c1-4-11-8-6-5-7-9-18(11)10-12-16-13(17-19-12)14(2,3)15/h11H,4-10,15H2,1-3H3. The van der Waals surface area contributed by atoms with Crippen LogP contribution in [0.2, 0.25) is 0 Å². The van der Waals surface area contributed by atoms with Crippen LogP contribution < -0.4 is 5.73 Å². The molecular weight excluding hydrogens is 240 g/mol. The molecule has 1 aliphatic heterocycles. The minimum absolute atomic E-state index is 0.537. The molecule has 5 heteroatoms. The van der Waals surface area contributed by atoms with Crippen molar-refractivity contribution >= 4 is 0 Å². The molecule has 1 aromatic rings. The summed E-state index contributed by atoms with van der Waals surface area (Å²) >= 11 is 0. The third kappa shape index (κ3) is 3.76. The Morgan fingerprint density at radius 1 is 1.37 bits per heavy atom. The lowest BCUT2D eigenvalue weighted by molar-refractivity contribution is 0.163.